The van der Waals surface area contributed by atoms with Gasteiger partial charge in [0.1, 0.15) is 0 Å². The zero-order chi connectivity index (χ0) is 20.0. The van der Waals surface area contributed by atoms with Crippen LogP contribution >= 0.6 is 0 Å². The Balaban J connectivity index is 1.96. The molecule has 1 atom stereocenters. The van der Waals surface area contributed by atoms with Gasteiger partial charge in [-0.2, -0.15) is 4.73 Å². The second-order valence-corrected chi connectivity index (χ2v) is 7.13. The molecule has 0 aliphatic rings. The van der Waals surface area contributed by atoms with Gasteiger partial charge in [-0.05, 0) is 23.0 Å². The highest BCUT2D eigenvalue weighted by Gasteiger charge is 2.20. The number of aromatic nitrogens is 1. The fourth-order valence-electron chi connectivity index (χ4n) is 2.70. The van der Waals surface area contributed by atoms with Gasteiger partial charge in [0.2, 0.25) is 0 Å². The van der Waals surface area contributed by atoms with Crippen LogP contribution in [-0.4, -0.2) is 18.5 Å². The normalized spacial score (nSPS) is 12.1. The molecule has 0 unspecified atom stereocenters. The molecular formula is C21H26N2O4. The number of ether oxygens (including phenoxy) is 1. The molecule has 6 nitrogen and oxygen atoms in total. The largest absolute Gasteiger partial charge is 0.619 e. The van der Waals surface area contributed by atoms with E-state index in [1.807, 2.05) is 26.0 Å². The molecule has 0 saturated carbocycles. The molecule has 0 spiro atoms. The fourth-order valence-corrected chi connectivity index (χ4v) is 2.70. The number of benzene rings is 1. The molecule has 6 heteroatoms. The lowest BCUT2D eigenvalue weighted by molar-refractivity contribution is -0.605. The zero-order valence-electron chi connectivity index (χ0n) is 16.1. The lowest BCUT2D eigenvalue weighted by Crippen LogP contribution is -2.35. The zero-order valence-corrected chi connectivity index (χ0v) is 16.1. The van der Waals surface area contributed by atoms with Crippen LogP contribution in [0, 0.1) is 11.1 Å². The quantitative estimate of drug-likeness (QED) is 0.461. The summed E-state index contributed by atoms with van der Waals surface area (Å²) in [6, 6.07) is 10.7. The third-order valence-electron chi connectivity index (χ3n) is 4.32. The number of pyridine rings is 1. The van der Waals surface area contributed by atoms with E-state index in [4.69, 9.17) is 4.74 Å². The van der Waals surface area contributed by atoms with Crippen molar-refractivity contribution in [2.24, 2.45) is 5.92 Å². The Hall–Kier alpha value is -2.89. The Bertz CT molecular complexity index is 768. The highest BCUT2D eigenvalue weighted by molar-refractivity contribution is 5.91. The maximum atomic E-state index is 12.3. The molecule has 1 aromatic carbocycles. The lowest BCUT2D eigenvalue weighted by atomic mass is 9.93. The Morgan fingerprint density at radius 2 is 1.56 bits per heavy atom. The molecule has 0 aliphatic carbocycles. The first-order valence-electron chi connectivity index (χ1n) is 9.03. The summed E-state index contributed by atoms with van der Waals surface area (Å²) in [6.45, 7) is 7.94. The number of hydrogen-bond donors (Lipinski definition) is 1. The first-order chi connectivity index (χ1) is 12.8. The number of rotatable bonds is 7. The van der Waals surface area contributed by atoms with Crippen LogP contribution < -0.4 is 10.0 Å². The molecule has 1 amide bonds. The molecule has 2 aromatic rings. The summed E-state index contributed by atoms with van der Waals surface area (Å²) in [7, 11) is 0. The predicted octanol–water partition coefficient (Wildman–Crippen LogP) is 3.11. The summed E-state index contributed by atoms with van der Waals surface area (Å²) in [4.78, 5) is 24.2. The first-order valence-corrected chi connectivity index (χ1v) is 9.03. The van der Waals surface area contributed by atoms with Crippen LogP contribution in [-0.2, 0) is 9.53 Å². The van der Waals surface area contributed by atoms with Crippen LogP contribution in [0.2, 0.25) is 0 Å². The molecule has 0 radical (unpaired) electrons. The van der Waals surface area contributed by atoms with Crippen molar-refractivity contribution in [1.82, 2.24) is 5.32 Å². The number of nitrogens with zero attached hydrogens (tertiary/aromatic N) is 1. The van der Waals surface area contributed by atoms with Gasteiger partial charge in [0, 0.05) is 12.1 Å². The monoisotopic (exact) mass is 370 g/mol. The average Bonchev–Trinajstić information content (AvgIpc) is 2.64. The summed E-state index contributed by atoms with van der Waals surface area (Å²) < 4.78 is 5.61. The summed E-state index contributed by atoms with van der Waals surface area (Å²) in [5.41, 5.74) is 2.47. The van der Waals surface area contributed by atoms with E-state index in [1.54, 1.807) is 0 Å². The second-order valence-electron chi connectivity index (χ2n) is 7.13. The van der Waals surface area contributed by atoms with Crippen LogP contribution in [0.25, 0.3) is 0 Å². The summed E-state index contributed by atoms with van der Waals surface area (Å²) in [5.74, 6) is -0.395. The minimum atomic E-state index is -0.645. The van der Waals surface area contributed by atoms with E-state index in [0.717, 1.165) is 5.56 Å². The minimum Gasteiger partial charge on any atom is -0.619 e. The van der Waals surface area contributed by atoms with E-state index in [9.17, 15) is 14.8 Å². The van der Waals surface area contributed by atoms with Crippen molar-refractivity contribution < 1.29 is 19.1 Å². The molecule has 0 saturated heterocycles. The summed E-state index contributed by atoms with van der Waals surface area (Å²) in [5, 5.41) is 13.9. The number of hydrogen-bond acceptors (Lipinski definition) is 4. The Morgan fingerprint density at radius 3 is 2.07 bits per heavy atom. The second kappa shape index (κ2) is 9.16. The van der Waals surface area contributed by atoms with Gasteiger partial charge < -0.3 is 15.3 Å². The molecule has 1 aromatic heterocycles. The van der Waals surface area contributed by atoms with Crippen molar-refractivity contribution in [3.8, 4) is 0 Å². The molecule has 0 bridgehead atoms. The standard InChI is InChI=1S/C21H26N2O4/c1-14(2)16-5-7-17(8-6-16)20(15(3)4)22-19(24)13-27-21(25)18-9-11-23(26)12-10-18/h5-12,14-15,20H,13H2,1-4H3,(H,22,24)/t20-/m1/s1. The van der Waals surface area contributed by atoms with Crippen LogP contribution in [0.1, 0.15) is 61.1 Å². The first kappa shape index (κ1) is 20.4. The molecule has 2 rings (SSSR count). The van der Waals surface area contributed by atoms with Crippen molar-refractivity contribution in [3.05, 3.63) is 70.7 Å². The highest BCUT2D eigenvalue weighted by atomic mass is 16.5. The van der Waals surface area contributed by atoms with Crippen molar-refractivity contribution >= 4 is 11.9 Å². The predicted molar refractivity (Wildman–Crippen MR) is 102 cm³/mol. The number of carbonyl (C=O) groups excluding carboxylic acids is 2. The Kier molecular flexibility index (Phi) is 6.93. The van der Waals surface area contributed by atoms with Gasteiger partial charge in [0.25, 0.3) is 5.91 Å². The number of carbonyl (C=O) groups is 2. The van der Waals surface area contributed by atoms with Crippen molar-refractivity contribution in [3.63, 3.8) is 0 Å². The maximum Gasteiger partial charge on any atom is 0.339 e. The van der Waals surface area contributed by atoms with Crippen LogP contribution in [0.4, 0.5) is 0 Å². The van der Waals surface area contributed by atoms with E-state index < -0.39 is 5.97 Å². The molecular weight excluding hydrogens is 344 g/mol. The van der Waals surface area contributed by atoms with E-state index >= 15 is 0 Å². The van der Waals surface area contributed by atoms with Crippen molar-refractivity contribution in [1.29, 1.82) is 0 Å². The van der Waals surface area contributed by atoms with Gasteiger partial charge in [0.05, 0.1) is 11.6 Å². The number of amides is 1. The van der Waals surface area contributed by atoms with E-state index in [1.165, 1.54) is 30.1 Å². The van der Waals surface area contributed by atoms with Gasteiger partial charge in [-0.25, -0.2) is 4.79 Å². The molecule has 27 heavy (non-hydrogen) atoms. The molecule has 0 fully saturated rings. The fraction of sp³-hybridized carbons (Fsp3) is 0.381. The highest BCUT2D eigenvalue weighted by Crippen LogP contribution is 2.24. The Labute approximate surface area is 159 Å². The minimum absolute atomic E-state index is 0.173. The summed E-state index contributed by atoms with van der Waals surface area (Å²) in [6.07, 6.45) is 2.40. The Morgan fingerprint density at radius 1 is 1.00 bits per heavy atom. The van der Waals surface area contributed by atoms with E-state index in [0.29, 0.717) is 10.6 Å². The third kappa shape index (κ3) is 5.81. The lowest BCUT2D eigenvalue weighted by Gasteiger charge is -2.23. The van der Waals surface area contributed by atoms with Gasteiger partial charge in [0.15, 0.2) is 19.0 Å². The van der Waals surface area contributed by atoms with Crippen molar-refractivity contribution in [2.45, 2.75) is 39.7 Å². The van der Waals surface area contributed by atoms with Crippen molar-refractivity contribution in [2.75, 3.05) is 6.61 Å². The van der Waals surface area contributed by atoms with Gasteiger partial charge in [-0.15, -0.1) is 0 Å². The van der Waals surface area contributed by atoms with E-state index in [2.05, 4.69) is 31.3 Å². The van der Waals surface area contributed by atoms with Crippen LogP contribution in [0.3, 0.4) is 0 Å². The smallest absolute Gasteiger partial charge is 0.339 e. The maximum absolute atomic E-state index is 12.3. The average molecular weight is 370 g/mol. The molecule has 0 aliphatic heterocycles. The summed E-state index contributed by atoms with van der Waals surface area (Å²) >= 11 is 0. The number of esters is 1. The van der Waals surface area contributed by atoms with E-state index in [-0.39, 0.29) is 30.0 Å². The van der Waals surface area contributed by atoms with Crippen LogP contribution in [0.5, 0.6) is 0 Å². The topological polar surface area (TPSA) is 82.3 Å². The molecule has 1 heterocycles. The van der Waals surface area contributed by atoms with Gasteiger partial charge in [-0.3, -0.25) is 4.79 Å². The van der Waals surface area contributed by atoms with Gasteiger partial charge >= 0.3 is 5.97 Å². The number of nitrogens with one attached hydrogen (secondary N) is 1. The van der Waals surface area contributed by atoms with Crippen LogP contribution in [0.15, 0.2) is 48.8 Å². The third-order valence-corrected chi connectivity index (χ3v) is 4.32. The van der Waals surface area contributed by atoms with Gasteiger partial charge in [-0.1, -0.05) is 52.0 Å². The molecule has 144 valence electrons. The SMILES string of the molecule is CC(C)c1ccc([C@H](NC(=O)COC(=O)c2cc[n+]([O-])cc2)C(C)C)cc1. The molecule has 1 N–H and O–H groups in total.